The Labute approximate surface area is 127 Å². The molecule has 1 aromatic rings. The largest absolute Gasteiger partial charge is 0.480 e. The van der Waals surface area contributed by atoms with Crippen LogP contribution in [0.2, 0.25) is 10.0 Å². The van der Waals surface area contributed by atoms with Crippen molar-refractivity contribution in [3.63, 3.8) is 0 Å². The number of nitrogens with one attached hydrogen (secondary N) is 1. The summed E-state index contributed by atoms with van der Waals surface area (Å²) in [4.78, 5) is 13.1. The molecule has 2 unspecified atom stereocenters. The molecule has 3 rings (SSSR count). The van der Waals surface area contributed by atoms with Crippen molar-refractivity contribution in [3.8, 4) is 0 Å². The molecule has 0 amide bonds. The molecule has 6 heteroatoms. The van der Waals surface area contributed by atoms with E-state index >= 15 is 0 Å². The summed E-state index contributed by atoms with van der Waals surface area (Å²) in [6.07, 6.45) is 1.87. The van der Waals surface area contributed by atoms with E-state index < -0.39 is 5.97 Å². The molecule has 20 heavy (non-hydrogen) atoms. The minimum absolute atomic E-state index is 0.00608. The molecule has 0 saturated carbocycles. The summed E-state index contributed by atoms with van der Waals surface area (Å²) in [6, 6.07) is 3.84. The lowest BCUT2D eigenvalue weighted by Crippen LogP contribution is -2.38. The molecule has 0 spiro atoms. The number of hydrogen-bond donors (Lipinski definition) is 2. The predicted octanol–water partition coefficient (Wildman–Crippen LogP) is 2.73. The van der Waals surface area contributed by atoms with Crippen LogP contribution in [-0.2, 0) is 4.79 Å². The van der Waals surface area contributed by atoms with E-state index in [2.05, 4.69) is 5.32 Å². The van der Waals surface area contributed by atoms with Crippen LogP contribution in [-0.4, -0.2) is 36.8 Å². The second-order valence-corrected chi connectivity index (χ2v) is 6.10. The van der Waals surface area contributed by atoms with Gasteiger partial charge >= 0.3 is 5.97 Å². The second-order valence-electron chi connectivity index (χ2n) is 5.32. The molecule has 2 heterocycles. The molecule has 108 valence electrons. The van der Waals surface area contributed by atoms with E-state index in [1.165, 1.54) is 0 Å². The SMILES string of the molecule is O=C(O)CN1c2ccc(Cl)c(Cl)c2C2CCNCCC21. The van der Waals surface area contributed by atoms with Crippen molar-refractivity contribution in [1.29, 1.82) is 0 Å². The highest BCUT2D eigenvalue weighted by atomic mass is 35.5. The molecule has 2 aliphatic rings. The van der Waals surface area contributed by atoms with Gasteiger partial charge in [0, 0.05) is 23.2 Å². The Morgan fingerprint density at radius 3 is 2.85 bits per heavy atom. The molecule has 1 fully saturated rings. The molecule has 2 atom stereocenters. The van der Waals surface area contributed by atoms with Crippen molar-refractivity contribution < 1.29 is 9.90 Å². The topological polar surface area (TPSA) is 52.6 Å². The molecule has 0 radical (unpaired) electrons. The zero-order valence-electron chi connectivity index (χ0n) is 10.9. The van der Waals surface area contributed by atoms with E-state index in [9.17, 15) is 4.79 Å². The van der Waals surface area contributed by atoms with Crippen LogP contribution in [0.25, 0.3) is 0 Å². The Morgan fingerprint density at radius 2 is 2.10 bits per heavy atom. The van der Waals surface area contributed by atoms with Crippen molar-refractivity contribution in [1.82, 2.24) is 5.32 Å². The number of carbonyl (C=O) groups is 1. The minimum Gasteiger partial charge on any atom is -0.480 e. The number of benzene rings is 1. The fourth-order valence-corrected chi connectivity index (χ4v) is 3.89. The number of halogens is 2. The number of fused-ring (bicyclic) bond motifs is 3. The van der Waals surface area contributed by atoms with E-state index in [1.54, 1.807) is 6.07 Å². The predicted molar refractivity (Wildman–Crippen MR) is 80.1 cm³/mol. The maximum atomic E-state index is 11.2. The van der Waals surface area contributed by atoms with Gasteiger partial charge in [-0.3, -0.25) is 4.79 Å². The van der Waals surface area contributed by atoms with Gasteiger partial charge in [-0.25, -0.2) is 0 Å². The third-order valence-electron chi connectivity index (χ3n) is 4.21. The number of hydrogen-bond acceptors (Lipinski definition) is 3. The standard InChI is InChI=1S/C14H16Cl2N2O2/c15-9-1-2-11-13(14(9)16)8-3-5-17-6-4-10(8)18(11)7-12(19)20/h1-2,8,10,17H,3-7H2,(H,19,20). The van der Waals surface area contributed by atoms with E-state index in [4.69, 9.17) is 28.3 Å². The lowest BCUT2D eigenvalue weighted by molar-refractivity contribution is -0.135. The second kappa shape index (κ2) is 5.43. The summed E-state index contributed by atoms with van der Waals surface area (Å²) in [5, 5.41) is 13.7. The van der Waals surface area contributed by atoms with Crippen molar-refractivity contribution in [3.05, 3.63) is 27.7 Å². The van der Waals surface area contributed by atoms with Gasteiger partial charge in [-0.05, 0) is 38.1 Å². The lowest BCUT2D eigenvalue weighted by atomic mass is 9.91. The van der Waals surface area contributed by atoms with Crippen molar-refractivity contribution >= 4 is 34.9 Å². The van der Waals surface area contributed by atoms with Gasteiger partial charge in [0.25, 0.3) is 0 Å². The highest BCUT2D eigenvalue weighted by Gasteiger charge is 2.41. The first-order chi connectivity index (χ1) is 9.59. The van der Waals surface area contributed by atoms with Crippen LogP contribution in [0.1, 0.15) is 24.3 Å². The fraction of sp³-hybridized carbons (Fsp3) is 0.500. The number of anilines is 1. The van der Waals surface area contributed by atoms with Crippen LogP contribution < -0.4 is 10.2 Å². The Hall–Kier alpha value is -0.970. The minimum atomic E-state index is -0.820. The number of rotatable bonds is 2. The smallest absolute Gasteiger partial charge is 0.323 e. The Morgan fingerprint density at radius 1 is 1.35 bits per heavy atom. The number of nitrogens with zero attached hydrogens (tertiary/aromatic N) is 1. The van der Waals surface area contributed by atoms with Crippen LogP contribution in [0.5, 0.6) is 0 Å². The summed E-state index contributed by atoms with van der Waals surface area (Å²) in [5.41, 5.74) is 1.95. The summed E-state index contributed by atoms with van der Waals surface area (Å²) < 4.78 is 0. The molecule has 1 saturated heterocycles. The molecule has 1 aromatic carbocycles. The van der Waals surface area contributed by atoms with Crippen molar-refractivity contribution in [2.24, 2.45) is 0 Å². The van der Waals surface area contributed by atoms with Gasteiger partial charge in [-0.2, -0.15) is 0 Å². The average molecular weight is 315 g/mol. The van der Waals surface area contributed by atoms with Gasteiger partial charge in [0.2, 0.25) is 0 Å². The first-order valence-electron chi connectivity index (χ1n) is 6.76. The van der Waals surface area contributed by atoms with Crippen molar-refractivity contribution in [2.75, 3.05) is 24.5 Å². The number of carboxylic acids is 1. The molecule has 2 N–H and O–H groups in total. The van der Waals surface area contributed by atoms with Gasteiger partial charge in [-0.15, -0.1) is 0 Å². The monoisotopic (exact) mass is 314 g/mol. The lowest BCUT2D eigenvalue weighted by Gasteiger charge is -2.27. The Balaban J connectivity index is 2.08. The summed E-state index contributed by atoms with van der Waals surface area (Å²) in [7, 11) is 0. The molecule has 2 aliphatic heterocycles. The van der Waals surface area contributed by atoms with Crippen LogP contribution in [0.3, 0.4) is 0 Å². The average Bonchev–Trinajstić information content (AvgIpc) is 2.57. The summed E-state index contributed by atoms with van der Waals surface area (Å²) in [5.74, 6) is -0.564. The fourth-order valence-electron chi connectivity index (χ4n) is 3.42. The molecule has 0 bridgehead atoms. The van der Waals surface area contributed by atoms with Gasteiger partial charge in [0.05, 0.1) is 10.0 Å². The molecule has 0 aromatic heterocycles. The van der Waals surface area contributed by atoms with Crippen LogP contribution in [0.4, 0.5) is 5.69 Å². The number of aliphatic carboxylic acids is 1. The van der Waals surface area contributed by atoms with Crippen molar-refractivity contribution in [2.45, 2.75) is 24.8 Å². The molecule has 4 nitrogen and oxygen atoms in total. The van der Waals surface area contributed by atoms with Gasteiger partial charge in [0.15, 0.2) is 0 Å². The van der Waals surface area contributed by atoms with E-state index in [1.807, 2.05) is 11.0 Å². The van der Waals surface area contributed by atoms with Gasteiger partial charge in [-0.1, -0.05) is 23.2 Å². The van der Waals surface area contributed by atoms with E-state index in [-0.39, 0.29) is 18.5 Å². The molecule has 0 aliphatic carbocycles. The Kier molecular flexibility index (Phi) is 3.80. The summed E-state index contributed by atoms with van der Waals surface area (Å²) >= 11 is 12.5. The van der Waals surface area contributed by atoms with Gasteiger partial charge in [0.1, 0.15) is 6.54 Å². The maximum absolute atomic E-state index is 11.2. The first-order valence-corrected chi connectivity index (χ1v) is 7.52. The number of carboxylic acid groups (broad SMARTS) is 1. The zero-order valence-corrected chi connectivity index (χ0v) is 12.4. The third kappa shape index (κ3) is 2.26. The first kappa shape index (κ1) is 14.0. The van der Waals surface area contributed by atoms with Crippen LogP contribution >= 0.6 is 23.2 Å². The highest BCUT2D eigenvalue weighted by molar-refractivity contribution is 6.42. The Bertz CT molecular complexity index is 550. The van der Waals surface area contributed by atoms with Gasteiger partial charge < -0.3 is 15.3 Å². The van der Waals surface area contributed by atoms with E-state index in [0.29, 0.717) is 10.0 Å². The quantitative estimate of drug-likeness (QED) is 0.881. The highest BCUT2D eigenvalue weighted by Crippen LogP contribution is 2.49. The molecular formula is C14H16Cl2N2O2. The summed E-state index contributed by atoms with van der Waals surface area (Å²) in [6.45, 7) is 1.83. The normalized spacial score (nSPS) is 25.0. The third-order valence-corrected chi connectivity index (χ3v) is 5.03. The zero-order chi connectivity index (χ0) is 14.3. The maximum Gasteiger partial charge on any atom is 0.323 e. The van der Waals surface area contributed by atoms with Crippen LogP contribution in [0.15, 0.2) is 12.1 Å². The molecular weight excluding hydrogens is 299 g/mol. The van der Waals surface area contributed by atoms with E-state index in [0.717, 1.165) is 37.2 Å². The van der Waals surface area contributed by atoms with Crippen LogP contribution in [0, 0.1) is 0 Å².